The summed E-state index contributed by atoms with van der Waals surface area (Å²) in [6, 6.07) is 10.5. The van der Waals surface area contributed by atoms with E-state index in [4.69, 9.17) is 0 Å². The molecular weight excluding hydrogens is 264 g/mol. The van der Waals surface area contributed by atoms with Crippen molar-refractivity contribution in [2.45, 2.75) is 48.0 Å². The monoisotopic (exact) mass is 294 g/mol. The molecule has 0 aromatic heterocycles. The first kappa shape index (κ1) is 16.8. The molecule has 0 heterocycles. The second kappa shape index (κ2) is 5.91. The second-order valence-electron chi connectivity index (χ2n) is 8.46. The Labute approximate surface area is 136 Å². The fourth-order valence-corrected chi connectivity index (χ4v) is 3.77. The van der Waals surface area contributed by atoms with Gasteiger partial charge in [0.1, 0.15) is 0 Å². The number of benzene rings is 1. The van der Waals surface area contributed by atoms with Gasteiger partial charge in [-0.25, -0.2) is 0 Å². The lowest BCUT2D eigenvalue weighted by Crippen LogP contribution is -2.45. The van der Waals surface area contributed by atoms with Crippen LogP contribution in [0, 0.1) is 16.2 Å². The van der Waals surface area contributed by atoms with Crippen molar-refractivity contribution in [1.82, 2.24) is 0 Å². The van der Waals surface area contributed by atoms with Crippen LogP contribution in [-0.4, -0.2) is 0 Å². The third-order valence-corrected chi connectivity index (χ3v) is 5.16. The first-order chi connectivity index (χ1) is 10.2. The topological polar surface area (TPSA) is 0 Å². The molecule has 0 spiro atoms. The van der Waals surface area contributed by atoms with Gasteiger partial charge in [-0.3, -0.25) is 0 Å². The largest absolute Gasteiger partial charge is 0.0764 e. The lowest BCUT2D eigenvalue weighted by molar-refractivity contribution is 0.0189. The zero-order valence-corrected chi connectivity index (χ0v) is 15.0. The summed E-state index contributed by atoms with van der Waals surface area (Å²) in [7, 11) is 0. The third kappa shape index (κ3) is 3.27. The van der Waals surface area contributed by atoms with Crippen molar-refractivity contribution in [1.29, 1.82) is 0 Å². The van der Waals surface area contributed by atoms with Crippen molar-refractivity contribution in [2.75, 3.05) is 0 Å². The van der Waals surface area contributed by atoms with Crippen LogP contribution in [0.2, 0.25) is 0 Å². The Kier molecular flexibility index (Phi) is 4.52. The lowest BCUT2D eigenvalue weighted by atomic mass is 9.51. The fourth-order valence-electron chi connectivity index (χ4n) is 3.77. The standard InChI is InChI=1S/C22H30/c1-20(2,3)22(21(4,5)6)16-14-19(15-17-22)13-12-18-10-8-7-9-11-18/h7-16H,17H2,1-6H3. The van der Waals surface area contributed by atoms with E-state index in [-0.39, 0.29) is 16.2 Å². The Hall–Kier alpha value is -1.56. The van der Waals surface area contributed by atoms with Crippen molar-refractivity contribution in [3.8, 4) is 0 Å². The maximum atomic E-state index is 2.46. The van der Waals surface area contributed by atoms with Crippen molar-refractivity contribution in [3.05, 3.63) is 65.8 Å². The molecular formula is C22H30. The summed E-state index contributed by atoms with van der Waals surface area (Å²) in [5, 5.41) is 0. The summed E-state index contributed by atoms with van der Waals surface area (Å²) in [5.74, 6) is 0. The number of hydrogen-bond donors (Lipinski definition) is 0. The van der Waals surface area contributed by atoms with Gasteiger partial charge in [-0.15, -0.1) is 0 Å². The highest BCUT2D eigenvalue weighted by atomic mass is 14.5. The molecule has 1 aromatic carbocycles. The normalized spacial score (nSPS) is 18.5. The van der Waals surface area contributed by atoms with Gasteiger partial charge in [0.15, 0.2) is 0 Å². The summed E-state index contributed by atoms with van der Waals surface area (Å²) in [6.07, 6.45) is 12.7. The predicted octanol–water partition coefficient (Wildman–Crippen LogP) is 6.66. The molecule has 0 saturated heterocycles. The minimum absolute atomic E-state index is 0.198. The van der Waals surface area contributed by atoms with Crippen LogP contribution < -0.4 is 0 Å². The Bertz CT molecular complexity index is 569. The van der Waals surface area contributed by atoms with E-state index >= 15 is 0 Å². The Balaban J connectivity index is 2.22. The molecule has 0 fully saturated rings. The molecule has 0 heteroatoms. The molecule has 0 amide bonds. The maximum absolute atomic E-state index is 2.46. The average molecular weight is 294 g/mol. The van der Waals surface area contributed by atoms with Gasteiger partial charge in [0.25, 0.3) is 0 Å². The Morgan fingerprint density at radius 1 is 0.864 bits per heavy atom. The van der Waals surface area contributed by atoms with Gasteiger partial charge in [0.2, 0.25) is 0 Å². The highest BCUT2D eigenvalue weighted by molar-refractivity contribution is 5.55. The van der Waals surface area contributed by atoms with E-state index in [0.717, 1.165) is 6.42 Å². The van der Waals surface area contributed by atoms with E-state index in [1.807, 2.05) is 0 Å². The summed E-state index contributed by atoms with van der Waals surface area (Å²) in [6.45, 7) is 14.2. The molecule has 118 valence electrons. The van der Waals surface area contributed by atoms with Crippen LogP contribution in [0.3, 0.4) is 0 Å². The summed E-state index contributed by atoms with van der Waals surface area (Å²) in [4.78, 5) is 0. The zero-order chi connectivity index (χ0) is 16.4. The van der Waals surface area contributed by atoms with Crippen LogP contribution in [0.5, 0.6) is 0 Å². The molecule has 0 nitrogen and oxygen atoms in total. The van der Waals surface area contributed by atoms with E-state index in [2.05, 4.69) is 102 Å². The van der Waals surface area contributed by atoms with Gasteiger partial charge in [0, 0.05) is 5.41 Å². The van der Waals surface area contributed by atoms with Gasteiger partial charge < -0.3 is 0 Å². The molecule has 0 aliphatic heterocycles. The number of rotatable bonds is 2. The molecule has 0 atom stereocenters. The molecule has 0 bridgehead atoms. The Morgan fingerprint density at radius 3 is 1.91 bits per heavy atom. The van der Waals surface area contributed by atoms with E-state index in [1.54, 1.807) is 0 Å². The highest BCUT2D eigenvalue weighted by Crippen LogP contribution is 2.56. The quantitative estimate of drug-likeness (QED) is 0.571. The van der Waals surface area contributed by atoms with Crippen LogP contribution in [0.15, 0.2) is 60.2 Å². The SMILES string of the molecule is CC(C)(C)C1(C(C)(C)C)C=CC(C=Cc2ccccc2)=CC1. The van der Waals surface area contributed by atoms with Gasteiger partial charge in [-0.05, 0) is 28.4 Å². The zero-order valence-electron chi connectivity index (χ0n) is 15.0. The van der Waals surface area contributed by atoms with Crippen LogP contribution in [0.25, 0.3) is 6.08 Å². The molecule has 0 radical (unpaired) electrons. The number of hydrogen-bond acceptors (Lipinski definition) is 0. The maximum Gasteiger partial charge on any atom is 0.00168 e. The molecule has 0 unspecified atom stereocenters. The van der Waals surface area contributed by atoms with Gasteiger partial charge in [0.05, 0.1) is 0 Å². The van der Waals surface area contributed by atoms with Gasteiger partial charge >= 0.3 is 0 Å². The third-order valence-electron chi connectivity index (χ3n) is 5.16. The first-order valence-electron chi connectivity index (χ1n) is 8.28. The second-order valence-corrected chi connectivity index (χ2v) is 8.46. The Morgan fingerprint density at radius 2 is 1.45 bits per heavy atom. The molecule has 1 aromatic rings. The van der Waals surface area contributed by atoms with Crippen molar-refractivity contribution < 1.29 is 0 Å². The fraction of sp³-hybridized carbons (Fsp3) is 0.455. The summed E-state index contributed by atoms with van der Waals surface area (Å²) in [5.41, 5.74) is 3.25. The molecule has 1 aliphatic rings. The van der Waals surface area contributed by atoms with E-state index in [9.17, 15) is 0 Å². The van der Waals surface area contributed by atoms with Crippen LogP contribution in [0.1, 0.15) is 53.5 Å². The lowest BCUT2D eigenvalue weighted by Gasteiger charge is -2.53. The van der Waals surface area contributed by atoms with Gasteiger partial charge in [-0.1, -0.05) is 102 Å². The summed E-state index contributed by atoms with van der Waals surface area (Å²) < 4.78 is 0. The van der Waals surface area contributed by atoms with Crippen molar-refractivity contribution >= 4 is 6.08 Å². The predicted molar refractivity (Wildman–Crippen MR) is 98.7 cm³/mol. The van der Waals surface area contributed by atoms with E-state index in [1.165, 1.54) is 11.1 Å². The highest BCUT2D eigenvalue weighted by Gasteiger charge is 2.48. The smallest absolute Gasteiger partial charge is 0.00168 e. The van der Waals surface area contributed by atoms with Crippen molar-refractivity contribution in [2.24, 2.45) is 16.2 Å². The minimum Gasteiger partial charge on any atom is -0.0764 e. The molecule has 0 saturated carbocycles. The van der Waals surface area contributed by atoms with Crippen LogP contribution in [-0.2, 0) is 0 Å². The molecule has 22 heavy (non-hydrogen) atoms. The number of allylic oxidation sites excluding steroid dienone is 5. The minimum atomic E-state index is 0.198. The van der Waals surface area contributed by atoms with Crippen LogP contribution in [0.4, 0.5) is 0 Å². The van der Waals surface area contributed by atoms with Gasteiger partial charge in [-0.2, -0.15) is 0 Å². The van der Waals surface area contributed by atoms with Crippen LogP contribution >= 0.6 is 0 Å². The molecule has 0 N–H and O–H groups in total. The van der Waals surface area contributed by atoms with E-state index < -0.39 is 0 Å². The van der Waals surface area contributed by atoms with E-state index in [0.29, 0.717) is 0 Å². The first-order valence-corrected chi connectivity index (χ1v) is 8.28. The summed E-state index contributed by atoms with van der Waals surface area (Å²) >= 11 is 0. The molecule has 2 rings (SSSR count). The molecule has 1 aliphatic carbocycles. The average Bonchev–Trinajstić information content (AvgIpc) is 2.44. The van der Waals surface area contributed by atoms with Crippen molar-refractivity contribution in [3.63, 3.8) is 0 Å².